The quantitative estimate of drug-likeness (QED) is 0.285. The number of anilines is 1. The smallest absolute Gasteiger partial charge is 0.197 e. The van der Waals surface area contributed by atoms with E-state index >= 15 is 0 Å². The molecule has 4 heterocycles. The summed E-state index contributed by atoms with van der Waals surface area (Å²) >= 11 is 0. The van der Waals surface area contributed by atoms with Crippen LogP contribution in [0.3, 0.4) is 0 Å². The van der Waals surface area contributed by atoms with Gasteiger partial charge in [0, 0.05) is 13.1 Å². The number of aliphatic hydroxyl groups excluding tert-OH is 1. The zero-order valence-electron chi connectivity index (χ0n) is 16.0. The Hall–Kier alpha value is -3.19. The minimum atomic E-state index is -1.70. The number of aromatic nitrogens is 7. The Morgan fingerprint density at radius 3 is 3.03 bits per heavy atom. The van der Waals surface area contributed by atoms with Crippen LogP contribution in [-0.4, -0.2) is 76.6 Å². The third-order valence-electron chi connectivity index (χ3n) is 5.38. The molecule has 1 fully saturated rings. The number of aliphatic hydroxyl groups is 2. The summed E-state index contributed by atoms with van der Waals surface area (Å²) in [6.45, 7) is 1.44. The average Bonchev–Trinajstić information content (AvgIpc) is 3.44. The number of nitrogens with two attached hydrogens (primary N) is 1. The standard InChI is InChI=1S/C18H21N9O3/c19-16-14-17(22-9-21-16)26(10-23-14)18(29)8-30-13(15(18)28)7-20-5-6-27-12-4-2-1-3-11(12)24-25-27/h1-4,9-10,13,15,20,28-29H,5-8H2,(H2,19,21,22). The molecule has 5 rings (SSSR count). The number of rotatable bonds is 6. The van der Waals surface area contributed by atoms with Crippen LogP contribution in [0, 0.1) is 0 Å². The third-order valence-corrected chi connectivity index (χ3v) is 5.38. The second-order valence-electron chi connectivity index (χ2n) is 7.22. The van der Waals surface area contributed by atoms with Crippen molar-refractivity contribution in [3.63, 3.8) is 0 Å². The number of nitrogens with one attached hydrogen (secondary N) is 1. The molecule has 3 unspecified atom stereocenters. The van der Waals surface area contributed by atoms with Gasteiger partial charge in [0.1, 0.15) is 29.6 Å². The number of nitrogen functional groups attached to an aromatic ring is 1. The first-order chi connectivity index (χ1) is 14.6. The Kier molecular flexibility index (Phi) is 4.55. The molecule has 1 aliphatic rings. The van der Waals surface area contributed by atoms with Crippen molar-refractivity contribution in [2.24, 2.45) is 0 Å². The van der Waals surface area contributed by atoms with Crippen molar-refractivity contribution in [1.82, 2.24) is 39.8 Å². The molecule has 12 nitrogen and oxygen atoms in total. The van der Waals surface area contributed by atoms with Crippen LogP contribution in [0.2, 0.25) is 0 Å². The Labute approximate surface area is 170 Å². The summed E-state index contributed by atoms with van der Waals surface area (Å²) in [6, 6.07) is 7.74. The number of para-hydroxylation sites is 1. The minimum Gasteiger partial charge on any atom is -0.385 e. The molecular formula is C18H21N9O3. The molecular weight excluding hydrogens is 390 g/mol. The van der Waals surface area contributed by atoms with E-state index in [1.807, 2.05) is 28.9 Å². The van der Waals surface area contributed by atoms with Gasteiger partial charge in [0.05, 0.1) is 25.0 Å². The van der Waals surface area contributed by atoms with Gasteiger partial charge >= 0.3 is 0 Å². The van der Waals surface area contributed by atoms with E-state index in [2.05, 4.69) is 30.6 Å². The van der Waals surface area contributed by atoms with Gasteiger partial charge in [-0.1, -0.05) is 17.3 Å². The normalized spacial score (nSPS) is 24.2. The molecule has 0 spiro atoms. The molecule has 4 aromatic rings. The van der Waals surface area contributed by atoms with Crippen molar-refractivity contribution in [2.75, 3.05) is 25.4 Å². The van der Waals surface area contributed by atoms with Gasteiger partial charge in [-0.2, -0.15) is 0 Å². The summed E-state index contributed by atoms with van der Waals surface area (Å²) in [5.74, 6) is 0.203. The number of ether oxygens (including phenoxy) is 1. The molecule has 0 saturated carbocycles. The molecule has 3 aromatic heterocycles. The van der Waals surface area contributed by atoms with Gasteiger partial charge < -0.3 is 26.0 Å². The van der Waals surface area contributed by atoms with Crippen LogP contribution < -0.4 is 11.1 Å². The zero-order chi connectivity index (χ0) is 20.7. The fourth-order valence-corrected chi connectivity index (χ4v) is 3.73. The van der Waals surface area contributed by atoms with Crippen LogP contribution >= 0.6 is 0 Å². The first kappa shape index (κ1) is 18.8. The summed E-state index contributed by atoms with van der Waals surface area (Å²) in [4.78, 5) is 12.2. The number of hydrogen-bond donors (Lipinski definition) is 4. The molecule has 0 radical (unpaired) electrons. The molecule has 0 amide bonds. The van der Waals surface area contributed by atoms with Crippen LogP contribution in [0.25, 0.3) is 22.2 Å². The van der Waals surface area contributed by atoms with E-state index in [1.54, 1.807) is 0 Å². The second kappa shape index (κ2) is 7.25. The fourth-order valence-electron chi connectivity index (χ4n) is 3.73. The molecule has 156 valence electrons. The molecule has 30 heavy (non-hydrogen) atoms. The zero-order valence-corrected chi connectivity index (χ0v) is 16.0. The van der Waals surface area contributed by atoms with Gasteiger partial charge in [0.2, 0.25) is 0 Å². The van der Waals surface area contributed by atoms with Crippen LogP contribution in [0.1, 0.15) is 0 Å². The number of imidazole rings is 1. The molecule has 3 atom stereocenters. The number of hydrogen-bond acceptors (Lipinski definition) is 10. The highest BCUT2D eigenvalue weighted by atomic mass is 16.5. The summed E-state index contributed by atoms with van der Waals surface area (Å²) in [5.41, 5.74) is 6.59. The van der Waals surface area contributed by atoms with Crippen molar-refractivity contribution in [3.05, 3.63) is 36.9 Å². The van der Waals surface area contributed by atoms with Crippen LogP contribution in [0.4, 0.5) is 5.82 Å². The molecule has 0 aliphatic carbocycles. The fraction of sp³-hybridized carbons (Fsp3) is 0.389. The Morgan fingerprint density at radius 2 is 2.13 bits per heavy atom. The van der Waals surface area contributed by atoms with Gasteiger partial charge in [0.15, 0.2) is 17.2 Å². The van der Waals surface area contributed by atoms with Crippen molar-refractivity contribution in [3.8, 4) is 0 Å². The number of fused-ring (bicyclic) bond motifs is 2. The van der Waals surface area contributed by atoms with Crippen LogP contribution in [0.15, 0.2) is 36.9 Å². The van der Waals surface area contributed by atoms with Crippen LogP contribution in [0.5, 0.6) is 0 Å². The highest BCUT2D eigenvalue weighted by molar-refractivity contribution is 5.81. The molecule has 1 aliphatic heterocycles. The minimum absolute atomic E-state index is 0.108. The molecule has 12 heteroatoms. The van der Waals surface area contributed by atoms with E-state index in [-0.39, 0.29) is 12.4 Å². The molecule has 5 N–H and O–H groups in total. The van der Waals surface area contributed by atoms with E-state index in [9.17, 15) is 10.2 Å². The van der Waals surface area contributed by atoms with Gasteiger partial charge in [-0.3, -0.25) is 4.57 Å². The lowest BCUT2D eigenvalue weighted by molar-refractivity contribution is -0.107. The van der Waals surface area contributed by atoms with E-state index in [1.165, 1.54) is 17.2 Å². The summed E-state index contributed by atoms with van der Waals surface area (Å²) in [5, 5.41) is 33.4. The monoisotopic (exact) mass is 411 g/mol. The van der Waals surface area contributed by atoms with E-state index in [0.717, 1.165) is 11.0 Å². The lowest BCUT2D eigenvalue weighted by atomic mass is 10.1. The first-order valence-electron chi connectivity index (χ1n) is 9.53. The van der Waals surface area contributed by atoms with Crippen molar-refractivity contribution in [2.45, 2.75) is 24.5 Å². The van der Waals surface area contributed by atoms with Crippen molar-refractivity contribution in [1.29, 1.82) is 0 Å². The van der Waals surface area contributed by atoms with Gasteiger partial charge in [-0.25, -0.2) is 19.6 Å². The summed E-state index contributed by atoms with van der Waals surface area (Å²) < 4.78 is 8.86. The Bertz CT molecular complexity index is 1190. The Morgan fingerprint density at radius 1 is 1.27 bits per heavy atom. The van der Waals surface area contributed by atoms with Crippen molar-refractivity contribution >= 4 is 28.0 Å². The first-order valence-corrected chi connectivity index (χ1v) is 9.53. The van der Waals surface area contributed by atoms with Crippen molar-refractivity contribution < 1.29 is 14.9 Å². The maximum Gasteiger partial charge on any atom is 0.197 e. The van der Waals surface area contributed by atoms with E-state index < -0.39 is 17.9 Å². The topological polar surface area (TPSA) is 162 Å². The predicted octanol–water partition coefficient (Wildman–Crippen LogP) is -1.15. The van der Waals surface area contributed by atoms with E-state index in [0.29, 0.717) is 30.8 Å². The largest absolute Gasteiger partial charge is 0.385 e. The maximum absolute atomic E-state index is 11.1. The third kappa shape index (κ3) is 2.97. The highest BCUT2D eigenvalue weighted by Crippen LogP contribution is 2.32. The van der Waals surface area contributed by atoms with Gasteiger partial charge in [0.25, 0.3) is 0 Å². The predicted molar refractivity (Wildman–Crippen MR) is 106 cm³/mol. The molecule has 1 aromatic carbocycles. The number of nitrogens with zero attached hydrogens (tertiary/aromatic N) is 7. The maximum atomic E-state index is 11.1. The second-order valence-corrected chi connectivity index (χ2v) is 7.22. The van der Waals surface area contributed by atoms with Gasteiger partial charge in [-0.15, -0.1) is 5.10 Å². The lowest BCUT2D eigenvalue weighted by Gasteiger charge is -2.28. The van der Waals surface area contributed by atoms with Gasteiger partial charge in [-0.05, 0) is 12.1 Å². The average molecular weight is 411 g/mol. The van der Waals surface area contributed by atoms with E-state index in [4.69, 9.17) is 10.5 Å². The Balaban J connectivity index is 1.23. The lowest BCUT2D eigenvalue weighted by Crippen LogP contribution is -2.48. The summed E-state index contributed by atoms with van der Waals surface area (Å²) in [6.07, 6.45) is 0.868. The molecule has 1 saturated heterocycles. The highest BCUT2D eigenvalue weighted by Gasteiger charge is 2.50. The number of benzene rings is 1. The summed E-state index contributed by atoms with van der Waals surface area (Å²) in [7, 11) is 0. The molecule has 0 bridgehead atoms. The van der Waals surface area contributed by atoms with Crippen LogP contribution in [-0.2, 0) is 17.0 Å². The SMILES string of the molecule is Nc1ncnc2c1ncn2C1(O)COC(CNCCn2nnc3ccccc32)C1O.